The van der Waals surface area contributed by atoms with Crippen LogP contribution in [0.2, 0.25) is 0 Å². The third kappa shape index (κ3) is 4.47. The van der Waals surface area contributed by atoms with Crippen LogP contribution in [-0.4, -0.2) is 80.5 Å². The summed E-state index contributed by atoms with van der Waals surface area (Å²) in [6, 6.07) is 0.392. The van der Waals surface area contributed by atoms with Crippen LogP contribution in [0, 0.1) is 0 Å². The van der Waals surface area contributed by atoms with Crippen molar-refractivity contribution < 1.29 is 9.26 Å². The first-order valence-electron chi connectivity index (χ1n) is 7.51. The van der Waals surface area contributed by atoms with Gasteiger partial charge in [-0.3, -0.25) is 4.90 Å². The highest BCUT2D eigenvalue weighted by Crippen LogP contribution is 2.20. The van der Waals surface area contributed by atoms with Crippen molar-refractivity contribution in [1.29, 1.82) is 0 Å². The summed E-state index contributed by atoms with van der Waals surface area (Å²) in [5.74, 6) is 1.45. The monoisotopic (exact) mass is 297 g/mol. The van der Waals surface area contributed by atoms with Gasteiger partial charge >= 0.3 is 0 Å². The van der Waals surface area contributed by atoms with Gasteiger partial charge in [-0.2, -0.15) is 4.98 Å². The smallest absolute Gasteiger partial charge is 0.228 e. The van der Waals surface area contributed by atoms with Crippen molar-refractivity contribution in [1.82, 2.24) is 25.3 Å². The molecule has 2 heterocycles. The van der Waals surface area contributed by atoms with Gasteiger partial charge in [0.1, 0.15) is 0 Å². The number of hydrogen-bond donors (Lipinski definition) is 1. The fourth-order valence-electron chi connectivity index (χ4n) is 2.69. The number of aromatic nitrogens is 2. The van der Waals surface area contributed by atoms with Crippen LogP contribution in [0.5, 0.6) is 0 Å². The minimum absolute atomic E-state index is 0.192. The number of methoxy groups -OCH3 is 1. The van der Waals surface area contributed by atoms with Gasteiger partial charge < -0.3 is 19.5 Å². The molecule has 1 fully saturated rings. The molecular formula is C14H27N5O2. The molecule has 1 aromatic rings. The van der Waals surface area contributed by atoms with E-state index in [-0.39, 0.29) is 12.1 Å². The molecule has 7 nitrogen and oxygen atoms in total. The van der Waals surface area contributed by atoms with Crippen LogP contribution in [0.15, 0.2) is 4.52 Å². The Kier molecular flexibility index (Phi) is 6.10. The van der Waals surface area contributed by atoms with Crippen LogP contribution in [0.3, 0.4) is 0 Å². The highest BCUT2D eigenvalue weighted by Gasteiger charge is 2.26. The van der Waals surface area contributed by atoms with E-state index in [2.05, 4.69) is 39.4 Å². The molecule has 2 unspecified atom stereocenters. The molecule has 21 heavy (non-hydrogen) atoms. The quantitative estimate of drug-likeness (QED) is 0.802. The maximum Gasteiger partial charge on any atom is 0.228 e. The lowest BCUT2D eigenvalue weighted by molar-refractivity contribution is 0.165. The minimum atomic E-state index is 0.192. The molecule has 1 aliphatic rings. The Balaban J connectivity index is 2.03. The summed E-state index contributed by atoms with van der Waals surface area (Å²) in [5.41, 5.74) is 0. The fraction of sp³-hybridized carbons (Fsp3) is 0.857. The summed E-state index contributed by atoms with van der Waals surface area (Å²) in [6.07, 6.45) is 1.85. The third-order valence-electron chi connectivity index (χ3n) is 4.05. The molecule has 0 spiro atoms. The minimum Gasteiger partial charge on any atom is -0.383 e. The zero-order valence-corrected chi connectivity index (χ0v) is 13.5. The number of rotatable bonds is 6. The SMILES string of the molecule is CNC(COC)Cc1nc(C2CN(C)CCCN2C)no1. The van der Waals surface area contributed by atoms with Crippen molar-refractivity contribution in [3.8, 4) is 0 Å². The topological polar surface area (TPSA) is 66.7 Å². The highest BCUT2D eigenvalue weighted by atomic mass is 16.5. The second-order valence-electron chi connectivity index (χ2n) is 5.80. The zero-order valence-electron chi connectivity index (χ0n) is 13.5. The van der Waals surface area contributed by atoms with Gasteiger partial charge in [-0.15, -0.1) is 0 Å². The van der Waals surface area contributed by atoms with Gasteiger partial charge in [0.25, 0.3) is 0 Å². The first-order valence-corrected chi connectivity index (χ1v) is 7.51. The van der Waals surface area contributed by atoms with E-state index in [4.69, 9.17) is 9.26 Å². The maximum absolute atomic E-state index is 5.42. The molecule has 0 amide bonds. The van der Waals surface area contributed by atoms with E-state index in [1.54, 1.807) is 7.11 Å². The van der Waals surface area contributed by atoms with Crippen LogP contribution in [0.25, 0.3) is 0 Å². The molecule has 0 saturated carbocycles. The Labute approximate surface area is 126 Å². The summed E-state index contributed by atoms with van der Waals surface area (Å²) in [7, 11) is 7.87. The van der Waals surface area contributed by atoms with Crippen LogP contribution in [0.4, 0.5) is 0 Å². The van der Waals surface area contributed by atoms with E-state index in [0.717, 1.165) is 25.5 Å². The van der Waals surface area contributed by atoms with Crippen molar-refractivity contribution >= 4 is 0 Å². The average Bonchev–Trinajstić information content (AvgIpc) is 2.85. The van der Waals surface area contributed by atoms with Crippen LogP contribution < -0.4 is 5.32 Å². The number of likely N-dealkylation sites (N-methyl/N-ethyl adjacent to an activating group) is 3. The molecule has 1 N–H and O–H groups in total. The summed E-state index contributed by atoms with van der Waals surface area (Å²) in [4.78, 5) is 9.22. The Morgan fingerprint density at radius 2 is 2.24 bits per heavy atom. The standard InChI is InChI=1S/C14H27N5O2/c1-15-11(10-20-4)8-13-16-14(17-21-13)12-9-18(2)6-5-7-19(12)3/h11-12,15H,5-10H2,1-4H3. The Morgan fingerprint density at radius 1 is 1.43 bits per heavy atom. The molecule has 1 saturated heterocycles. The third-order valence-corrected chi connectivity index (χ3v) is 4.05. The first-order chi connectivity index (χ1) is 10.1. The molecule has 2 atom stereocenters. The Bertz CT molecular complexity index is 425. The molecule has 0 aliphatic carbocycles. The lowest BCUT2D eigenvalue weighted by Crippen LogP contribution is -2.32. The van der Waals surface area contributed by atoms with Crippen molar-refractivity contribution in [2.45, 2.75) is 24.9 Å². The van der Waals surface area contributed by atoms with Crippen molar-refractivity contribution in [2.24, 2.45) is 0 Å². The van der Waals surface area contributed by atoms with Crippen molar-refractivity contribution in [2.75, 3.05) is 54.5 Å². The lowest BCUT2D eigenvalue weighted by atomic mass is 10.2. The van der Waals surface area contributed by atoms with Gasteiger partial charge in [-0.05, 0) is 40.7 Å². The Hall–Kier alpha value is -1.02. The predicted octanol–water partition coefficient (Wildman–Crippen LogP) is 0.155. The second-order valence-corrected chi connectivity index (χ2v) is 5.80. The van der Waals surface area contributed by atoms with E-state index in [0.29, 0.717) is 18.9 Å². The van der Waals surface area contributed by atoms with E-state index in [9.17, 15) is 0 Å². The van der Waals surface area contributed by atoms with E-state index in [1.165, 1.54) is 6.42 Å². The fourth-order valence-corrected chi connectivity index (χ4v) is 2.69. The van der Waals surface area contributed by atoms with E-state index >= 15 is 0 Å². The number of nitrogens with one attached hydrogen (secondary N) is 1. The number of hydrogen-bond acceptors (Lipinski definition) is 7. The summed E-state index contributed by atoms with van der Waals surface area (Å²) < 4.78 is 10.6. The van der Waals surface area contributed by atoms with Gasteiger partial charge in [0.2, 0.25) is 5.89 Å². The number of nitrogens with zero attached hydrogens (tertiary/aromatic N) is 4. The average molecular weight is 297 g/mol. The number of ether oxygens (including phenoxy) is 1. The molecule has 1 aromatic heterocycles. The van der Waals surface area contributed by atoms with E-state index in [1.807, 2.05) is 7.05 Å². The predicted molar refractivity (Wildman–Crippen MR) is 80.2 cm³/mol. The normalized spacial score (nSPS) is 23.1. The molecule has 0 radical (unpaired) electrons. The molecule has 120 valence electrons. The summed E-state index contributed by atoms with van der Waals surface area (Å²) in [6.45, 7) is 3.73. The lowest BCUT2D eigenvalue weighted by Gasteiger charge is -2.24. The summed E-state index contributed by atoms with van der Waals surface area (Å²) >= 11 is 0. The van der Waals surface area contributed by atoms with Crippen molar-refractivity contribution in [3.05, 3.63) is 11.7 Å². The molecular weight excluding hydrogens is 270 g/mol. The highest BCUT2D eigenvalue weighted by molar-refractivity contribution is 4.98. The molecule has 2 rings (SSSR count). The van der Waals surface area contributed by atoms with Gasteiger partial charge in [0, 0.05) is 26.1 Å². The first kappa shape index (κ1) is 16.4. The molecule has 1 aliphatic heterocycles. The van der Waals surface area contributed by atoms with Crippen LogP contribution in [-0.2, 0) is 11.2 Å². The molecule has 0 bridgehead atoms. The van der Waals surface area contributed by atoms with Gasteiger partial charge in [-0.25, -0.2) is 0 Å². The zero-order chi connectivity index (χ0) is 15.2. The van der Waals surface area contributed by atoms with Gasteiger partial charge in [0.15, 0.2) is 5.82 Å². The van der Waals surface area contributed by atoms with Crippen molar-refractivity contribution in [3.63, 3.8) is 0 Å². The molecule has 7 heteroatoms. The van der Waals surface area contributed by atoms with Gasteiger partial charge in [-0.1, -0.05) is 5.16 Å². The largest absolute Gasteiger partial charge is 0.383 e. The maximum atomic E-state index is 5.42. The Morgan fingerprint density at radius 3 is 2.95 bits per heavy atom. The summed E-state index contributed by atoms with van der Waals surface area (Å²) in [5, 5.41) is 7.39. The van der Waals surface area contributed by atoms with Crippen LogP contribution >= 0.6 is 0 Å². The van der Waals surface area contributed by atoms with E-state index < -0.39 is 0 Å². The van der Waals surface area contributed by atoms with Crippen LogP contribution in [0.1, 0.15) is 24.2 Å². The second kappa shape index (κ2) is 7.84. The van der Waals surface area contributed by atoms with Gasteiger partial charge in [0.05, 0.1) is 12.6 Å². The molecule has 0 aromatic carbocycles.